The second-order valence-corrected chi connectivity index (χ2v) is 12.5. The molecule has 2 heterocycles. The van der Waals surface area contributed by atoms with Crippen molar-refractivity contribution in [3.63, 3.8) is 0 Å². The smallest absolute Gasteiger partial charge is 2.00 e. The van der Waals surface area contributed by atoms with Crippen LogP contribution in [-0.2, 0) is 23.9 Å². The van der Waals surface area contributed by atoms with E-state index in [0.29, 0.717) is 5.92 Å². The molecule has 1 aliphatic heterocycles. The first-order chi connectivity index (χ1) is 18.1. The number of nitrogens with one attached hydrogen (secondary N) is 2. The Hall–Kier alpha value is -1.72. The van der Waals surface area contributed by atoms with Gasteiger partial charge < -0.3 is 4.79 Å². The number of pyridine rings is 1. The quantitative estimate of drug-likeness (QED) is 0.125. The van der Waals surface area contributed by atoms with Gasteiger partial charge >= 0.3 is 235 Å². The number of esters is 1. The Bertz CT molecular complexity index is 991. The van der Waals surface area contributed by atoms with Crippen molar-refractivity contribution in [3.8, 4) is 0 Å². The number of alkyl halides is 1. The maximum absolute atomic E-state index is 13.0. The summed E-state index contributed by atoms with van der Waals surface area (Å²) < 4.78 is 9.61. The molecule has 2 fully saturated rings. The maximum atomic E-state index is 13.0. The summed E-state index contributed by atoms with van der Waals surface area (Å²) in [6, 6.07) is 1.75. The molecular weight excluding hydrogens is 845 g/mol. The molecule has 13 heteroatoms. The Morgan fingerprint density at radius 3 is 2.44 bits per heavy atom. The first kappa shape index (κ1) is 35.3. The van der Waals surface area contributed by atoms with Crippen LogP contribution >= 0.6 is 0 Å². The van der Waals surface area contributed by atoms with Crippen molar-refractivity contribution in [1.29, 1.82) is 0 Å². The Morgan fingerprint density at radius 1 is 1.23 bits per heavy atom. The van der Waals surface area contributed by atoms with E-state index in [9.17, 15) is 24.0 Å². The summed E-state index contributed by atoms with van der Waals surface area (Å²) in [5, 5.41) is 5.34. The van der Waals surface area contributed by atoms with E-state index in [1.54, 1.807) is 39.2 Å². The second kappa shape index (κ2) is 17.9. The predicted molar refractivity (Wildman–Crippen MR) is 135 cm³/mol. The number of hydrogen-bond acceptors (Lipinski definition) is 8. The molecule has 0 bridgehead atoms. The first-order valence-electron chi connectivity index (χ1n) is 12.6. The van der Waals surface area contributed by atoms with E-state index >= 15 is 0 Å². The molecule has 1 aromatic rings. The molecule has 0 unspecified atom stereocenters. The number of rotatable bonds is 8. The zero-order valence-corrected chi connectivity index (χ0v) is 29.0. The number of halogens is 1. The summed E-state index contributed by atoms with van der Waals surface area (Å²) in [4.78, 5) is 64.3. The van der Waals surface area contributed by atoms with Crippen molar-refractivity contribution in [2.24, 2.45) is 11.8 Å². The Balaban J connectivity index is 0.00000116. The standard InChI is InChI=1S/C22H29IN4O6.C4H7O.U/c1-4-33-20(29)18-17(23-15-10-11-24-16(12-15)26-22(31)32-3)19(28)27(18)21(30)25-13(2)14-8-6-5-7-9-14;1-4(2)3-5;/h10-14,17-18H,3-9H2,1-2H3,(H,25,30)(H,24,26,31);4H,1-2H3;/q-2;-1;+2/t13-,17-,18+;;/m1../s1. The van der Waals surface area contributed by atoms with Crippen molar-refractivity contribution in [1.82, 2.24) is 15.2 Å². The first-order valence-corrected chi connectivity index (χ1v) is 15.0. The van der Waals surface area contributed by atoms with E-state index in [1.165, 1.54) is 12.6 Å². The van der Waals surface area contributed by atoms with Gasteiger partial charge in [0.05, 0.1) is 0 Å². The molecule has 11 nitrogen and oxygen atoms in total. The van der Waals surface area contributed by atoms with Crippen LogP contribution < -0.4 is 31.8 Å². The van der Waals surface area contributed by atoms with Gasteiger partial charge in [-0.2, -0.15) is 0 Å². The molecule has 0 aromatic carbocycles. The molecule has 2 N–H and O–H groups in total. The summed E-state index contributed by atoms with van der Waals surface area (Å²) >= 11 is -1.03. The normalized spacial score (nSPS) is 19.4. The molecule has 0 radical (unpaired) electrons. The van der Waals surface area contributed by atoms with Crippen LogP contribution in [0.5, 0.6) is 0 Å². The molecule has 1 saturated carbocycles. The average Bonchev–Trinajstić information content (AvgIpc) is 2.90. The van der Waals surface area contributed by atoms with Gasteiger partial charge in [0.25, 0.3) is 0 Å². The summed E-state index contributed by atoms with van der Waals surface area (Å²) in [7, 11) is 3.03. The number of carbonyl (C=O) groups is 4. The van der Waals surface area contributed by atoms with E-state index in [-0.39, 0.29) is 55.5 Å². The number of likely N-dealkylation sites (tertiary alicyclic amines) is 1. The van der Waals surface area contributed by atoms with Crippen LogP contribution in [-0.4, -0.2) is 62.8 Å². The number of aromatic nitrogens is 1. The number of imide groups is 1. The Labute approximate surface area is 263 Å². The number of urea groups is 1. The van der Waals surface area contributed by atoms with Gasteiger partial charge in [0.2, 0.25) is 0 Å². The SMILES string of the molecule is CC(C)[C-]=O.[CH2-]OC(=O)Nc1cc([I-][C@H]2C(=O)N(C(=O)N[C@H](C)C3CCCCC3)[C@@H]2C(=O)OCC)ccn1.[U+2]. The number of anilines is 1. The number of nitrogens with zero attached hydrogens (tertiary/aromatic N) is 2. The molecule has 4 amide bonds. The molecule has 39 heavy (non-hydrogen) atoms. The van der Waals surface area contributed by atoms with E-state index < -0.39 is 55.2 Å². The van der Waals surface area contributed by atoms with Crippen molar-refractivity contribution < 1.29 is 85.8 Å². The minimum Gasteiger partial charge on any atom is 2.00 e. The van der Waals surface area contributed by atoms with Gasteiger partial charge in [0, 0.05) is 0 Å². The fourth-order valence-corrected chi connectivity index (χ4v) is 7.21. The van der Waals surface area contributed by atoms with Gasteiger partial charge in [0.1, 0.15) is 0 Å². The summed E-state index contributed by atoms with van der Waals surface area (Å²) in [5.41, 5.74) is 0. The Morgan fingerprint density at radius 2 is 1.87 bits per heavy atom. The number of amides is 4. The zero-order chi connectivity index (χ0) is 28.2. The monoisotopic (exact) mass is 881 g/mol. The molecule has 3 atom stereocenters. The van der Waals surface area contributed by atoms with Crippen molar-refractivity contribution in [2.45, 2.75) is 75.8 Å². The van der Waals surface area contributed by atoms with Crippen LogP contribution in [0.25, 0.3) is 0 Å². The second-order valence-electron chi connectivity index (χ2n) is 9.24. The van der Waals surface area contributed by atoms with Gasteiger partial charge in [-0.1, -0.05) is 13.8 Å². The molecule has 1 aliphatic carbocycles. The number of carbonyl (C=O) groups excluding carboxylic acids is 5. The third-order valence-electron chi connectivity index (χ3n) is 6.05. The van der Waals surface area contributed by atoms with Crippen LogP contribution in [0.15, 0.2) is 18.3 Å². The maximum Gasteiger partial charge on any atom is 2.00 e. The summed E-state index contributed by atoms with van der Waals surface area (Å²) in [6.07, 6.45) is 8.09. The van der Waals surface area contributed by atoms with Gasteiger partial charge in [0.15, 0.2) is 0 Å². The predicted octanol–water partition coefficient (Wildman–Crippen LogP) is 0.253. The van der Waals surface area contributed by atoms with Gasteiger partial charge in [-0.3, -0.25) is 6.29 Å². The fraction of sp³-hybridized carbons (Fsp3) is 0.577. The minimum absolute atomic E-state index is 0. The molecular formula is C26H36IN4O7U-. The third-order valence-corrected chi connectivity index (χ3v) is 9.32. The topological polar surface area (TPSA) is 144 Å². The number of β-lactam (4-membered cyclic amide) rings is 1. The van der Waals surface area contributed by atoms with E-state index in [1.807, 2.05) is 6.92 Å². The molecule has 0 spiro atoms. The summed E-state index contributed by atoms with van der Waals surface area (Å²) in [5.74, 6) is -0.282. The average molecular weight is 882 g/mol. The molecule has 2 aliphatic rings. The Kier molecular flexibility index (Phi) is 16.2. The number of hydrogen-bond donors (Lipinski definition) is 2. The van der Waals surface area contributed by atoms with Crippen molar-refractivity contribution in [3.05, 3.63) is 29.0 Å². The van der Waals surface area contributed by atoms with Crippen LogP contribution in [0, 0.1) is 53.6 Å². The largest absolute Gasteiger partial charge is 2.00 e. The zero-order valence-electron chi connectivity index (χ0n) is 22.7. The van der Waals surface area contributed by atoms with Crippen molar-refractivity contribution >= 4 is 36.1 Å². The molecule has 1 aromatic heterocycles. The van der Waals surface area contributed by atoms with E-state index in [0.717, 1.165) is 34.2 Å². The van der Waals surface area contributed by atoms with Gasteiger partial charge in [-0.25, -0.2) is 0 Å². The van der Waals surface area contributed by atoms with Crippen LogP contribution in [0.3, 0.4) is 0 Å². The van der Waals surface area contributed by atoms with Crippen LogP contribution in [0.4, 0.5) is 15.4 Å². The third kappa shape index (κ3) is 10.6. The van der Waals surface area contributed by atoms with E-state index in [4.69, 9.17) is 4.74 Å². The fourth-order valence-electron chi connectivity index (χ4n) is 4.07. The van der Waals surface area contributed by atoms with E-state index in [2.05, 4.69) is 27.5 Å². The minimum atomic E-state index is -1.03. The number of ether oxygens (including phenoxy) is 2. The molecule has 3 rings (SSSR count). The van der Waals surface area contributed by atoms with Gasteiger partial charge in [-0.05, 0) is 0 Å². The van der Waals surface area contributed by atoms with Crippen LogP contribution in [0.1, 0.15) is 59.8 Å². The summed E-state index contributed by atoms with van der Waals surface area (Å²) in [6.45, 7) is 7.38. The van der Waals surface area contributed by atoms with Gasteiger partial charge in [-0.15, -0.1) is 5.92 Å². The molecule has 1 saturated heterocycles. The van der Waals surface area contributed by atoms with Crippen LogP contribution in [0.2, 0.25) is 0 Å². The molecule has 214 valence electrons. The van der Waals surface area contributed by atoms with Crippen molar-refractivity contribution in [2.75, 3.05) is 11.9 Å².